The third-order valence-corrected chi connectivity index (χ3v) is 6.46. The average molecular weight is 405 g/mol. The number of amides is 2. The summed E-state index contributed by atoms with van der Waals surface area (Å²) in [6, 6.07) is 9.52. The van der Waals surface area contributed by atoms with E-state index in [2.05, 4.69) is 10.6 Å². The fourth-order valence-corrected chi connectivity index (χ4v) is 4.69. The first-order chi connectivity index (χ1) is 13.4. The van der Waals surface area contributed by atoms with E-state index in [9.17, 15) is 18.0 Å². The van der Waals surface area contributed by atoms with Gasteiger partial charge in [0.05, 0.1) is 23.6 Å². The quantitative estimate of drug-likeness (QED) is 0.764. The molecule has 0 radical (unpaired) electrons. The number of hydrogen-bond acceptors (Lipinski definition) is 5. The molecule has 2 heterocycles. The van der Waals surface area contributed by atoms with Crippen molar-refractivity contribution in [2.75, 3.05) is 18.4 Å². The summed E-state index contributed by atoms with van der Waals surface area (Å²) >= 11 is 0. The van der Waals surface area contributed by atoms with Crippen molar-refractivity contribution in [1.29, 1.82) is 0 Å². The number of piperidine rings is 1. The summed E-state index contributed by atoms with van der Waals surface area (Å²) in [5.41, 5.74) is 0.528. The smallest absolute Gasteiger partial charge is 0.243 e. The third kappa shape index (κ3) is 4.79. The largest absolute Gasteiger partial charge is 0.467 e. The molecule has 1 aromatic carbocycles. The van der Waals surface area contributed by atoms with Crippen molar-refractivity contribution in [2.45, 2.75) is 31.2 Å². The van der Waals surface area contributed by atoms with Crippen molar-refractivity contribution >= 4 is 27.5 Å². The van der Waals surface area contributed by atoms with Gasteiger partial charge in [-0.05, 0) is 49.2 Å². The van der Waals surface area contributed by atoms with E-state index >= 15 is 0 Å². The molecule has 2 aromatic rings. The van der Waals surface area contributed by atoms with Gasteiger partial charge < -0.3 is 15.1 Å². The summed E-state index contributed by atoms with van der Waals surface area (Å²) < 4.78 is 32.4. The Bertz CT molecular complexity index is 923. The SMILES string of the molecule is CC(=O)Nc1ccc(S(=O)(=O)N2CCCC(C(=O)NCc3ccco3)C2)cc1. The second-order valence-corrected chi connectivity index (χ2v) is 8.64. The van der Waals surface area contributed by atoms with Gasteiger partial charge in [0.25, 0.3) is 0 Å². The summed E-state index contributed by atoms with van der Waals surface area (Å²) in [7, 11) is -3.71. The molecule has 0 spiro atoms. The zero-order valence-corrected chi connectivity index (χ0v) is 16.4. The van der Waals surface area contributed by atoms with E-state index in [1.54, 1.807) is 24.3 Å². The number of carbonyl (C=O) groups is 2. The molecule has 0 saturated carbocycles. The van der Waals surface area contributed by atoms with E-state index in [1.165, 1.54) is 29.6 Å². The molecule has 3 rings (SSSR count). The Balaban J connectivity index is 1.64. The van der Waals surface area contributed by atoms with Gasteiger partial charge in [0, 0.05) is 25.7 Å². The van der Waals surface area contributed by atoms with Gasteiger partial charge in [0.1, 0.15) is 5.76 Å². The highest BCUT2D eigenvalue weighted by Crippen LogP contribution is 2.25. The number of anilines is 1. The first kappa shape index (κ1) is 20.1. The number of sulfonamides is 1. The van der Waals surface area contributed by atoms with Gasteiger partial charge in [0.2, 0.25) is 21.8 Å². The minimum absolute atomic E-state index is 0.137. The molecular weight excluding hydrogens is 382 g/mol. The molecule has 0 aliphatic carbocycles. The van der Waals surface area contributed by atoms with Gasteiger partial charge in [-0.3, -0.25) is 9.59 Å². The molecule has 1 aliphatic rings. The Labute approximate surface area is 164 Å². The lowest BCUT2D eigenvalue weighted by molar-refractivity contribution is -0.126. The van der Waals surface area contributed by atoms with E-state index in [0.29, 0.717) is 30.8 Å². The molecule has 28 heavy (non-hydrogen) atoms. The number of benzene rings is 1. The van der Waals surface area contributed by atoms with Crippen molar-refractivity contribution < 1.29 is 22.4 Å². The predicted molar refractivity (Wildman–Crippen MR) is 103 cm³/mol. The Hall–Kier alpha value is -2.65. The lowest BCUT2D eigenvalue weighted by atomic mass is 9.99. The molecule has 150 valence electrons. The van der Waals surface area contributed by atoms with E-state index in [1.807, 2.05) is 0 Å². The highest BCUT2D eigenvalue weighted by atomic mass is 32.2. The van der Waals surface area contributed by atoms with Gasteiger partial charge in [-0.2, -0.15) is 4.31 Å². The standard InChI is InChI=1S/C19H23N3O5S/c1-14(23)21-16-6-8-18(9-7-16)28(25,26)22-10-2-4-15(13-22)19(24)20-12-17-5-3-11-27-17/h3,5-9,11,15H,2,4,10,12-13H2,1H3,(H,20,24)(H,21,23). The minimum atomic E-state index is -3.71. The first-order valence-corrected chi connectivity index (χ1v) is 10.5. The van der Waals surface area contributed by atoms with Gasteiger partial charge in [-0.25, -0.2) is 8.42 Å². The predicted octanol–water partition coefficient (Wildman–Crippen LogP) is 1.96. The van der Waals surface area contributed by atoms with E-state index in [0.717, 1.165) is 0 Å². The monoisotopic (exact) mass is 405 g/mol. The van der Waals surface area contributed by atoms with Crippen LogP contribution in [0.5, 0.6) is 0 Å². The normalized spacial score (nSPS) is 17.8. The molecule has 8 nitrogen and oxygen atoms in total. The number of carbonyl (C=O) groups excluding carboxylic acids is 2. The molecule has 1 aliphatic heterocycles. The Kier molecular flexibility index (Phi) is 6.15. The van der Waals surface area contributed by atoms with Crippen LogP contribution in [-0.4, -0.2) is 37.6 Å². The minimum Gasteiger partial charge on any atom is -0.467 e. The number of furan rings is 1. The molecule has 1 fully saturated rings. The van der Waals surface area contributed by atoms with Crippen molar-refractivity contribution in [1.82, 2.24) is 9.62 Å². The fourth-order valence-electron chi connectivity index (χ4n) is 3.17. The van der Waals surface area contributed by atoms with Crippen LogP contribution in [0.3, 0.4) is 0 Å². The topological polar surface area (TPSA) is 109 Å². The van der Waals surface area contributed by atoms with E-state index < -0.39 is 15.9 Å². The van der Waals surface area contributed by atoms with Crippen molar-refractivity contribution in [3.8, 4) is 0 Å². The first-order valence-electron chi connectivity index (χ1n) is 9.04. The Morgan fingerprint density at radius 3 is 2.61 bits per heavy atom. The number of hydrogen-bond donors (Lipinski definition) is 2. The molecule has 1 aromatic heterocycles. The van der Waals surface area contributed by atoms with Crippen molar-refractivity contribution in [3.05, 3.63) is 48.4 Å². The molecule has 2 N–H and O–H groups in total. The van der Waals surface area contributed by atoms with Crippen LogP contribution in [0.4, 0.5) is 5.69 Å². The molecule has 0 bridgehead atoms. The second-order valence-electron chi connectivity index (χ2n) is 6.70. The molecule has 1 saturated heterocycles. The van der Waals surface area contributed by atoms with Crippen molar-refractivity contribution in [2.24, 2.45) is 5.92 Å². The fraction of sp³-hybridized carbons (Fsp3) is 0.368. The Morgan fingerprint density at radius 1 is 1.21 bits per heavy atom. The zero-order chi connectivity index (χ0) is 20.1. The summed E-state index contributed by atoms with van der Waals surface area (Å²) in [6.07, 6.45) is 2.78. The van der Waals surface area contributed by atoms with Crippen LogP contribution in [0.2, 0.25) is 0 Å². The van der Waals surface area contributed by atoms with Gasteiger partial charge in [-0.15, -0.1) is 0 Å². The molecular formula is C19H23N3O5S. The van der Waals surface area contributed by atoms with E-state index in [4.69, 9.17) is 4.42 Å². The third-order valence-electron chi connectivity index (χ3n) is 4.58. The maximum atomic E-state index is 12.9. The van der Waals surface area contributed by atoms with Gasteiger partial charge in [-0.1, -0.05) is 0 Å². The molecule has 2 amide bonds. The highest BCUT2D eigenvalue weighted by Gasteiger charge is 2.33. The lowest BCUT2D eigenvalue weighted by Crippen LogP contribution is -2.45. The van der Waals surface area contributed by atoms with Crippen LogP contribution >= 0.6 is 0 Å². The van der Waals surface area contributed by atoms with Gasteiger partial charge in [0.15, 0.2) is 0 Å². The summed E-state index contributed by atoms with van der Waals surface area (Å²) in [6.45, 7) is 2.17. The number of nitrogens with zero attached hydrogens (tertiary/aromatic N) is 1. The lowest BCUT2D eigenvalue weighted by Gasteiger charge is -2.31. The van der Waals surface area contributed by atoms with E-state index in [-0.39, 0.29) is 29.8 Å². The van der Waals surface area contributed by atoms with Crippen LogP contribution < -0.4 is 10.6 Å². The summed E-state index contributed by atoms with van der Waals surface area (Å²) in [4.78, 5) is 23.7. The maximum Gasteiger partial charge on any atom is 0.243 e. The van der Waals surface area contributed by atoms with Crippen LogP contribution in [-0.2, 0) is 26.2 Å². The highest BCUT2D eigenvalue weighted by molar-refractivity contribution is 7.89. The molecule has 1 atom stereocenters. The number of rotatable bonds is 6. The zero-order valence-electron chi connectivity index (χ0n) is 15.6. The van der Waals surface area contributed by atoms with Crippen LogP contribution in [0.15, 0.2) is 52.0 Å². The number of nitrogens with one attached hydrogen (secondary N) is 2. The summed E-state index contributed by atoms with van der Waals surface area (Å²) in [5, 5.41) is 5.40. The van der Waals surface area contributed by atoms with Crippen molar-refractivity contribution in [3.63, 3.8) is 0 Å². The average Bonchev–Trinajstić information content (AvgIpc) is 3.20. The molecule has 9 heteroatoms. The van der Waals surface area contributed by atoms with Crippen LogP contribution in [0, 0.1) is 5.92 Å². The van der Waals surface area contributed by atoms with Gasteiger partial charge >= 0.3 is 0 Å². The van der Waals surface area contributed by atoms with Crippen LogP contribution in [0.1, 0.15) is 25.5 Å². The Morgan fingerprint density at radius 2 is 1.96 bits per heavy atom. The summed E-state index contributed by atoms with van der Waals surface area (Å²) in [5.74, 6) is -0.169. The van der Waals surface area contributed by atoms with Crippen LogP contribution in [0.25, 0.3) is 0 Å². The second kappa shape index (κ2) is 8.57. The molecule has 1 unspecified atom stereocenters. The maximum absolute atomic E-state index is 12.9.